The van der Waals surface area contributed by atoms with Gasteiger partial charge in [-0.15, -0.1) is 0 Å². The lowest BCUT2D eigenvalue weighted by atomic mass is 10.1. The van der Waals surface area contributed by atoms with Gasteiger partial charge in [-0.25, -0.2) is 0 Å². The maximum atomic E-state index is 12.0. The summed E-state index contributed by atoms with van der Waals surface area (Å²) in [5.41, 5.74) is 2.62. The number of halogens is 1. The summed E-state index contributed by atoms with van der Waals surface area (Å²) in [6, 6.07) is 14.8. The molecular weight excluding hydrogens is 340 g/mol. The van der Waals surface area contributed by atoms with Crippen molar-refractivity contribution in [3.05, 3.63) is 70.9 Å². The SMILES string of the molecule is O=C(Cc1c[nH]c2cc(Cl)ccc12)NCC(=O)OCc1ccccc1. The first-order valence-corrected chi connectivity index (χ1v) is 8.21. The number of esters is 1. The Hall–Kier alpha value is -2.79. The highest BCUT2D eigenvalue weighted by atomic mass is 35.5. The number of hydrogen-bond donors (Lipinski definition) is 2. The molecule has 2 N–H and O–H groups in total. The molecule has 1 heterocycles. The smallest absolute Gasteiger partial charge is 0.325 e. The van der Waals surface area contributed by atoms with Crippen LogP contribution in [-0.4, -0.2) is 23.4 Å². The normalized spacial score (nSPS) is 10.6. The predicted octanol–water partition coefficient (Wildman–Crippen LogP) is 3.22. The van der Waals surface area contributed by atoms with Crippen LogP contribution in [0.1, 0.15) is 11.1 Å². The number of rotatable bonds is 6. The van der Waals surface area contributed by atoms with Gasteiger partial charge in [-0.1, -0.05) is 48.0 Å². The Morgan fingerprint density at radius 3 is 2.72 bits per heavy atom. The fourth-order valence-electron chi connectivity index (χ4n) is 2.50. The molecule has 3 rings (SSSR count). The molecule has 25 heavy (non-hydrogen) atoms. The molecule has 2 aromatic carbocycles. The number of aromatic amines is 1. The van der Waals surface area contributed by atoms with Gasteiger partial charge in [0.1, 0.15) is 13.2 Å². The molecular formula is C19H17ClN2O3. The van der Waals surface area contributed by atoms with Crippen LogP contribution in [0.3, 0.4) is 0 Å². The standard InChI is InChI=1S/C19H17ClN2O3/c20-15-6-7-16-14(10-21-17(16)9-15)8-18(23)22-11-19(24)25-12-13-4-2-1-3-5-13/h1-7,9-10,21H,8,11-12H2,(H,22,23). The van der Waals surface area contributed by atoms with Crippen LogP contribution < -0.4 is 5.32 Å². The molecule has 0 aliphatic rings. The van der Waals surface area contributed by atoms with E-state index in [-0.39, 0.29) is 25.5 Å². The molecule has 0 fully saturated rings. The Morgan fingerprint density at radius 2 is 1.92 bits per heavy atom. The second-order valence-electron chi connectivity index (χ2n) is 5.60. The zero-order chi connectivity index (χ0) is 17.6. The molecule has 5 nitrogen and oxygen atoms in total. The molecule has 0 unspecified atom stereocenters. The molecule has 1 aromatic heterocycles. The molecule has 0 saturated heterocycles. The Morgan fingerprint density at radius 1 is 1.12 bits per heavy atom. The van der Waals surface area contributed by atoms with Crippen LogP contribution in [0.5, 0.6) is 0 Å². The number of fused-ring (bicyclic) bond motifs is 1. The van der Waals surface area contributed by atoms with Crippen LogP contribution in [0, 0.1) is 0 Å². The molecule has 0 bridgehead atoms. The lowest BCUT2D eigenvalue weighted by molar-refractivity contribution is -0.145. The summed E-state index contributed by atoms with van der Waals surface area (Å²) < 4.78 is 5.12. The van der Waals surface area contributed by atoms with Crippen molar-refractivity contribution in [1.82, 2.24) is 10.3 Å². The summed E-state index contributed by atoms with van der Waals surface area (Å²) in [5, 5.41) is 4.15. The fraction of sp³-hybridized carbons (Fsp3) is 0.158. The number of carbonyl (C=O) groups excluding carboxylic acids is 2. The van der Waals surface area contributed by atoms with Gasteiger partial charge in [0.15, 0.2) is 0 Å². The van der Waals surface area contributed by atoms with E-state index in [1.807, 2.05) is 36.4 Å². The quantitative estimate of drug-likeness (QED) is 0.666. The summed E-state index contributed by atoms with van der Waals surface area (Å²) in [7, 11) is 0. The second kappa shape index (κ2) is 7.85. The number of benzene rings is 2. The third-order valence-corrected chi connectivity index (χ3v) is 3.99. The fourth-order valence-corrected chi connectivity index (χ4v) is 2.67. The van der Waals surface area contributed by atoms with Gasteiger partial charge in [0.25, 0.3) is 0 Å². The Balaban J connectivity index is 1.48. The molecule has 0 aliphatic heterocycles. The lowest BCUT2D eigenvalue weighted by Gasteiger charge is -2.06. The number of H-pyrrole nitrogens is 1. The number of hydrogen-bond acceptors (Lipinski definition) is 3. The summed E-state index contributed by atoms with van der Waals surface area (Å²) in [4.78, 5) is 26.8. The van der Waals surface area contributed by atoms with Crippen LogP contribution in [-0.2, 0) is 27.4 Å². The minimum absolute atomic E-state index is 0.153. The van der Waals surface area contributed by atoms with Gasteiger partial charge in [0.2, 0.25) is 5.91 Å². The number of amides is 1. The Bertz CT molecular complexity index is 890. The first kappa shape index (κ1) is 17.0. The van der Waals surface area contributed by atoms with Crippen molar-refractivity contribution in [2.45, 2.75) is 13.0 Å². The molecule has 6 heteroatoms. The molecule has 128 valence electrons. The average Bonchev–Trinajstić information content (AvgIpc) is 3.01. The largest absolute Gasteiger partial charge is 0.460 e. The van der Waals surface area contributed by atoms with Gasteiger partial charge >= 0.3 is 5.97 Å². The van der Waals surface area contributed by atoms with Crippen LogP contribution in [0.15, 0.2) is 54.7 Å². The summed E-state index contributed by atoms with van der Waals surface area (Å²) in [6.07, 6.45) is 1.95. The van der Waals surface area contributed by atoms with Gasteiger partial charge in [0.05, 0.1) is 6.42 Å². The topological polar surface area (TPSA) is 71.2 Å². The Kier molecular flexibility index (Phi) is 5.36. The maximum absolute atomic E-state index is 12.0. The van der Waals surface area contributed by atoms with E-state index in [0.717, 1.165) is 22.0 Å². The van der Waals surface area contributed by atoms with Crippen LogP contribution in [0.4, 0.5) is 0 Å². The van der Waals surface area contributed by atoms with E-state index in [4.69, 9.17) is 16.3 Å². The third kappa shape index (κ3) is 4.61. The monoisotopic (exact) mass is 356 g/mol. The van der Waals surface area contributed by atoms with E-state index in [1.54, 1.807) is 18.3 Å². The molecule has 0 aliphatic carbocycles. The van der Waals surface area contributed by atoms with E-state index in [2.05, 4.69) is 10.3 Å². The maximum Gasteiger partial charge on any atom is 0.325 e. The third-order valence-electron chi connectivity index (χ3n) is 3.75. The highest BCUT2D eigenvalue weighted by Gasteiger charge is 2.11. The number of ether oxygens (including phenoxy) is 1. The number of carbonyl (C=O) groups is 2. The first-order valence-electron chi connectivity index (χ1n) is 7.83. The highest BCUT2D eigenvalue weighted by molar-refractivity contribution is 6.31. The zero-order valence-electron chi connectivity index (χ0n) is 13.4. The van der Waals surface area contributed by atoms with Crippen LogP contribution in [0.25, 0.3) is 10.9 Å². The van der Waals surface area contributed by atoms with E-state index in [0.29, 0.717) is 5.02 Å². The van der Waals surface area contributed by atoms with Gasteiger partial charge < -0.3 is 15.0 Å². The lowest BCUT2D eigenvalue weighted by Crippen LogP contribution is -2.31. The van der Waals surface area contributed by atoms with Gasteiger partial charge in [-0.2, -0.15) is 0 Å². The Labute approximate surface area is 149 Å². The van der Waals surface area contributed by atoms with Crippen molar-refractivity contribution in [3.63, 3.8) is 0 Å². The molecule has 1 amide bonds. The molecule has 0 spiro atoms. The molecule has 0 radical (unpaired) electrons. The predicted molar refractivity (Wildman–Crippen MR) is 96.3 cm³/mol. The van der Waals surface area contributed by atoms with Crippen molar-refractivity contribution >= 4 is 34.4 Å². The van der Waals surface area contributed by atoms with E-state index in [9.17, 15) is 9.59 Å². The number of nitrogens with one attached hydrogen (secondary N) is 2. The van der Waals surface area contributed by atoms with E-state index >= 15 is 0 Å². The zero-order valence-corrected chi connectivity index (χ0v) is 14.2. The summed E-state index contributed by atoms with van der Waals surface area (Å²) in [5.74, 6) is -0.713. The van der Waals surface area contributed by atoms with E-state index < -0.39 is 5.97 Å². The van der Waals surface area contributed by atoms with Crippen LogP contribution >= 0.6 is 11.6 Å². The molecule has 0 atom stereocenters. The van der Waals surface area contributed by atoms with Gasteiger partial charge in [0, 0.05) is 22.1 Å². The number of aromatic nitrogens is 1. The average molecular weight is 357 g/mol. The minimum atomic E-state index is -0.470. The van der Waals surface area contributed by atoms with Gasteiger partial charge in [-0.3, -0.25) is 9.59 Å². The summed E-state index contributed by atoms with van der Waals surface area (Å²) in [6.45, 7) is 0.0403. The van der Waals surface area contributed by atoms with Crippen molar-refractivity contribution < 1.29 is 14.3 Å². The van der Waals surface area contributed by atoms with Crippen molar-refractivity contribution in [2.24, 2.45) is 0 Å². The highest BCUT2D eigenvalue weighted by Crippen LogP contribution is 2.22. The van der Waals surface area contributed by atoms with Gasteiger partial charge in [-0.05, 0) is 23.3 Å². The van der Waals surface area contributed by atoms with Crippen molar-refractivity contribution in [3.8, 4) is 0 Å². The van der Waals surface area contributed by atoms with Crippen molar-refractivity contribution in [1.29, 1.82) is 0 Å². The molecule has 3 aromatic rings. The second-order valence-corrected chi connectivity index (χ2v) is 6.04. The van der Waals surface area contributed by atoms with Crippen LogP contribution in [0.2, 0.25) is 5.02 Å². The van der Waals surface area contributed by atoms with Crippen molar-refractivity contribution in [2.75, 3.05) is 6.54 Å². The minimum Gasteiger partial charge on any atom is -0.460 e. The first-order chi connectivity index (χ1) is 12.1. The molecule has 0 saturated carbocycles. The van der Waals surface area contributed by atoms with E-state index in [1.165, 1.54) is 0 Å². The summed E-state index contributed by atoms with van der Waals surface area (Å²) >= 11 is 5.94.